The van der Waals surface area contributed by atoms with Gasteiger partial charge in [-0.1, -0.05) is 140 Å². The van der Waals surface area contributed by atoms with E-state index in [-0.39, 0.29) is 0 Å². The first kappa shape index (κ1) is 31.1. The first-order chi connectivity index (χ1) is 24.7. The molecule has 4 heteroatoms. The molecular formula is C46H33N3S. The number of nitrogens with zero attached hydrogens (tertiary/aromatic N) is 3. The summed E-state index contributed by atoms with van der Waals surface area (Å²) in [6.45, 7) is 2.04. The van der Waals surface area contributed by atoms with Crippen molar-refractivity contribution in [3.63, 3.8) is 0 Å². The van der Waals surface area contributed by atoms with Gasteiger partial charge in [-0.15, -0.1) is 11.3 Å². The summed E-state index contributed by atoms with van der Waals surface area (Å²) in [5.74, 6) is 1.83. The number of rotatable bonds is 7. The van der Waals surface area contributed by atoms with Crippen molar-refractivity contribution in [1.82, 2.24) is 15.0 Å². The highest BCUT2D eigenvalue weighted by Gasteiger charge is 2.14. The summed E-state index contributed by atoms with van der Waals surface area (Å²) in [6.07, 6.45) is 17.5. The minimum atomic E-state index is 0.574. The molecule has 1 aliphatic carbocycles. The fraction of sp³-hybridized carbons (Fsp3) is 0.0652. The maximum Gasteiger partial charge on any atom is 0.172 e. The first-order valence-corrected chi connectivity index (χ1v) is 17.7. The van der Waals surface area contributed by atoms with E-state index in [1.165, 1.54) is 42.1 Å². The molecule has 238 valence electrons. The lowest BCUT2D eigenvalue weighted by Gasteiger charge is -2.10. The van der Waals surface area contributed by atoms with Crippen LogP contribution < -0.4 is 9.75 Å². The van der Waals surface area contributed by atoms with E-state index < -0.39 is 0 Å². The Kier molecular flexibility index (Phi) is 8.81. The van der Waals surface area contributed by atoms with Gasteiger partial charge in [0.1, 0.15) is 0 Å². The molecule has 0 N–H and O–H groups in total. The normalized spacial score (nSPS) is 13.6. The zero-order chi connectivity index (χ0) is 33.7. The average molecular weight is 660 g/mol. The standard InChI is InChI=1S/C46H33N3S/c1-2-3-19-42-41(30-32-20-22-35(23-21-32)33-13-7-4-8-14-33)40-29-28-39(31-43(40)50-42)46-48-44(37-17-11-6-12-18-37)47-45(49-46)38-26-24-36(25-27-38)34-15-9-5-10-16-34/h2-4,6-9,11,13-17,19-31H,5,10H2,1H3/b3-2-,41-30+,42-19+. The van der Waals surface area contributed by atoms with Gasteiger partial charge >= 0.3 is 0 Å². The smallest absolute Gasteiger partial charge is 0.172 e. The molecule has 0 spiro atoms. The largest absolute Gasteiger partial charge is 0.208 e. The van der Waals surface area contributed by atoms with Gasteiger partial charge in [-0.25, -0.2) is 15.0 Å². The number of aromatic nitrogens is 3. The predicted molar refractivity (Wildman–Crippen MR) is 210 cm³/mol. The molecule has 5 aromatic carbocycles. The third kappa shape index (κ3) is 6.60. The van der Waals surface area contributed by atoms with Gasteiger partial charge in [-0.3, -0.25) is 0 Å². The lowest BCUT2D eigenvalue weighted by atomic mass is 9.98. The topological polar surface area (TPSA) is 38.7 Å². The number of hydrogen-bond acceptors (Lipinski definition) is 4. The maximum absolute atomic E-state index is 5.03. The Morgan fingerprint density at radius 3 is 2.14 bits per heavy atom. The molecule has 0 radical (unpaired) electrons. The minimum absolute atomic E-state index is 0.574. The van der Waals surface area contributed by atoms with Gasteiger partial charge in [0.15, 0.2) is 17.5 Å². The van der Waals surface area contributed by atoms with E-state index >= 15 is 0 Å². The van der Waals surface area contributed by atoms with Crippen molar-refractivity contribution in [3.05, 3.63) is 179 Å². The van der Waals surface area contributed by atoms with Gasteiger partial charge in [0, 0.05) is 31.0 Å². The average Bonchev–Trinajstić information content (AvgIpc) is 3.54. The molecule has 0 amide bonds. The van der Waals surface area contributed by atoms with Crippen LogP contribution in [0.1, 0.15) is 30.9 Å². The second-order valence-electron chi connectivity index (χ2n) is 12.1. The Bertz CT molecular complexity index is 2510. The van der Waals surface area contributed by atoms with E-state index in [9.17, 15) is 0 Å². The summed E-state index contributed by atoms with van der Waals surface area (Å²) >= 11 is 1.78. The molecule has 2 heterocycles. The van der Waals surface area contributed by atoms with Crippen molar-refractivity contribution < 1.29 is 0 Å². The molecule has 0 saturated heterocycles. The van der Waals surface area contributed by atoms with Gasteiger partial charge in [0.25, 0.3) is 0 Å². The van der Waals surface area contributed by atoms with Crippen LogP contribution in [0.25, 0.3) is 73.1 Å². The van der Waals surface area contributed by atoms with Gasteiger partial charge in [-0.05, 0) is 77.9 Å². The lowest BCUT2D eigenvalue weighted by Crippen LogP contribution is -2.18. The highest BCUT2D eigenvalue weighted by Crippen LogP contribution is 2.29. The number of allylic oxidation sites excluding steroid dienone is 6. The second-order valence-corrected chi connectivity index (χ2v) is 13.2. The van der Waals surface area contributed by atoms with Crippen LogP contribution in [-0.4, -0.2) is 15.0 Å². The van der Waals surface area contributed by atoms with E-state index in [0.717, 1.165) is 35.1 Å². The number of thiophene rings is 1. The van der Waals surface area contributed by atoms with Crippen LogP contribution in [-0.2, 0) is 0 Å². The van der Waals surface area contributed by atoms with E-state index in [1.54, 1.807) is 11.3 Å². The lowest BCUT2D eigenvalue weighted by molar-refractivity contribution is 1.04. The Labute approximate surface area is 296 Å². The number of hydrogen-bond donors (Lipinski definition) is 0. The van der Waals surface area contributed by atoms with E-state index in [1.807, 2.05) is 31.2 Å². The molecule has 0 atom stereocenters. The van der Waals surface area contributed by atoms with E-state index in [4.69, 9.17) is 15.0 Å². The van der Waals surface area contributed by atoms with Crippen LogP contribution >= 0.6 is 11.3 Å². The van der Waals surface area contributed by atoms with Crippen LogP contribution in [0, 0.1) is 12.1 Å². The third-order valence-corrected chi connectivity index (χ3v) is 9.91. The number of benzene rings is 4. The molecule has 1 aliphatic rings. The minimum Gasteiger partial charge on any atom is -0.208 e. The van der Waals surface area contributed by atoms with Crippen molar-refractivity contribution >= 4 is 39.1 Å². The van der Waals surface area contributed by atoms with Crippen LogP contribution in [0.15, 0.2) is 146 Å². The molecule has 0 fully saturated rings. The third-order valence-electron chi connectivity index (χ3n) is 8.78. The van der Waals surface area contributed by atoms with Crippen LogP contribution in [0.2, 0.25) is 0 Å². The Morgan fingerprint density at radius 1 is 0.680 bits per heavy atom. The van der Waals surface area contributed by atoms with Crippen molar-refractivity contribution in [2.45, 2.75) is 19.8 Å². The molecule has 7 aromatic rings. The molecular weight excluding hydrogens is 627 g/mol. The van der Waals surface area contributed by atoms with E-state index in [0.29, 0.717) is 17.5 Å². The van der Waals surface area contributed by atoms with E-state index in [2.05, 4.69) is 146 Å². The monoisotopic (exact) mass is 659 g/mol. The molecule has 2 aromatic heterocycles. The first-order valence-electron chi connectivity index (χ1n) is 16.9. The molecule has 0 saturated carbocycles. The molecule has 0 bridgehead atoms. The second kappa shape index (κ2) is 14.1. The van der Waals surface area contributed by atoms with Gasteiger partial charge in [0.2, 0.25) is 0 Å². The summed E-state index contributed by atoms with van der Waals surface area (Å²) in [6, 6.07) is 46.3. The fourth-order valence-corrected chi connectivity index (χ4v) is 7.31. The molecule has 3 nitrogen and oxygen atoms in total. The Balaban J connectivity index is 1.21. The van der Waals surface area contributed by atoms with Crippen molar-refractivity contribution in [3.8, 4) is 45.3 Å². The Morgan fingerprint density at radius 2 is 1.40 bits per heavy atom. The van der Waals surface area contributed by atoms with Crippen LogP contribution in [0.4, 0.5) is 0 Å². The van der Waals surface area contributed by atoms with Gasteiger partial charge < -0.3 is 0 Å². The SMILES string of the molecule is C\C=C/C=c1/sc2cc(-c3nc(-c4c#cccc4)nc(-c4ccc(C5=CCCC=C5)cc4)n3)ccc2/c1=C\c1ccc(-c2ccccc2)cc1. The van der Waals surface area contributed by atoms with Gasteiger partial charge in [-0.2, -0.15) is 0 Å². The fourth-order valence-electron chi connectivity index (χ4n) is 6.18. The zero-order valence-electron chi connectivity index (χ0n) is 27.7. The van der Waals surface area contributed by atoms with Crippen molar-refractivity contribution in [2.75, 3.05) is 0 Å². The summed E-state index contributed by atoms with van der Waals surface area (Å²) in [5, 5.41) is 2.40. The Hall–Kier alpha value is -6.15. The molecule has 8 rings (SSSR count). The molecule has 50 heavy (non-hydrogen) atoms. The van der Waals surface area contributed by atoms with Crippen LogP contribution in [0.5, 0.6) is 0 Å². The van der Waals surface area contributed by atoms with Crippen molar-refractivity contribution in [2.24, 2.45) is 0 Å². The highest BCUT2D eigenvalue weighted by molar-refractivity contribution is 7.17. The summed E-state index contributed by atoms with van der Waals surface area (Å²) < 4.78 is 2.38. The highest BCUT2D eigenvalue weighted by atomic mass is 32.1. The quantitative estimate of drug-likeness (QED) is 0.171. The molecule has 0 unspecified atom stereocenters. The zero-order valence-corrected chi connectivity index (χ0v) is 28.5. The summed E-state index contributed by atoms with van der Waals surface area (Å²) in [7, 11) is 0. The maximum atomic E-state index is 5.03. The predicted octanol–water partition coefficient (Wildman–Crippen LogP) is 10.3. The summed E-state index contributed by atoms with van der Waals surface area (Å²) in [4.78, 5) is 14.9. The number of fused-ring (bicyclic) bond motifs is 1. The van der Waals surface area contributed by atoms with Crippen molar-refractivity contribution in [1.29, 1.82) is 0 Å². The molecule has 0 aliphatic heterocycles. The van der Waals surface area contributed by atoms with Gasteiger partial charge in [0.05, 0.1) is 5.56 Å². The summed E-state index contributed by atoms with van der Waals surface area (Å²) in [5.41, 5.74) is 8.69. The van der Waals surface area contributed by atoms with Crippen LogP contribution in [0.3, 0.4) is 0 Å².